The number of halogens is 3. The van der Waals surface area contributed by atoms with Gasteiger partial charge in [0.25, 0.3) is 0 Å². The second-order valence-corrected chi connectivity index (χ2v) is 8.49. The molecule has 29 heavy (non-hydrogen) atoms. The van der Waals surface area contributed by atoms with Crippen molar-refractivity contribution in [2.24, 2.45) is 5.92 Å². The summed E-state index contributed by atoms with van der Waals surface area (Å²) < 4.78 is 12.5. The highest BCUT2D eigenvalue weighted by atomic mass is 79.9. The molecule has 2 rings (SSSR count). The fourth-order valence-corrected chi connectivity index (χ4v) is 3.64. The van der Waals surface area contributed by atoms with Crippen molar-refractivity contribution in [3.63, 3.8) is 0 Å². The molecule has 0 saturated heterocycles. The van der Waals surface area contributed by atoms with Crippen LogP contribution < -0.4 is 14.8 Å². The fraction of sp³-hybridized carbons (Fsp3) is 0.381. The van der Waals surface area contributed by atoms with Gasteiger partial charge in [0.2, 0.25) is 0 Å². The number of aliphatic carboxylic acids is 1. The minimum Gasteiger partial charge on any atom is -0.490 e. The summed E-state index contributed by atoms with van der Waals surface area (Å²) in [5.74, 6) is 0.228. The molecule has 8 heteroatoms. The molecule has 0 aliphatic carbocycles. The Morgan fingerprint density at radius 2 is 1.83 bits per heavy atom. The lowest BCUT2D eigenvalue weighted by atomic mass is 10.0. The summed E-state index contributed by atoms with van der Waals surface area (Å²) in [6.07, 6.45) is 0. The lowest BCUT2D eigenvalue weighted by molar-refractivity contribution is -0.140. The van der Waals surface area contributed by atoms with Gasteiger partial charge in [-0.05, 0) is 42.7 Å². The maximum Gasteiger partial charge on any atom is 0.320 e. The molecule has 1 unspecified atom stereocenters. The molecule has 0 heterocycles. The molecule has 0 saturated carbocycles. The maximum atomic E-state index is 11.4. The van der Waals surface area contributed by atoms with E-state index in [0.717, 1.165) is 15.6 Å². The summed E-state index contributed by atoms with van der Waals surface area (Å²) in [5, 5.41) is 13.5. The molecule has 2 aromatic carbocycles. The summed E-state index contributed by atoms with van der Waals surface area (Å²) >= 11 is 15.7. The van der Waals surface area contributed by atoms with Gasteiger partial charge in [0, 0.05) is 26.6 Å². The lowest BCUT2D eigenvalue weighted by Crippen LogP contribution is -2.40. The Hall–Kier alpha value is -1.47. The van der Waals surface area contributed by atoms with Gasteiger partial charge in [0.05, 0.1) is 6.61 Å². The Morgan fingerprint density at radius 3 is 2.41 bits per heavy atom. The first-order valence-electron chi connectivity index (χ1n) is 9.21. The number of hydrogen-bond acceptors (Lipinski definition) is 4. The Kier molecular flexibility index (Phi) is 9.08. The highest BCUT2D eigenvalue weighted by molar-refractivity contribution is 9.10. The van der Waals surface area contributed by atoms with E-state index in [1.54, 1.807) is 12.1 Å². The van der Waals surface area contributed by atoms with Crippen LogP contribution in [0.3, 0.4) is 0 Å². The summed E-state index contributed by atoms with van der Waals surface area (Å²) in [7, 11) is 0. The Balaban J connectivity index is 2.19. The van der Waals surface area contributed by atoms with Crippen LogP contribution in [0.1, 0.15) is 31.9 Å². The summed E-state index contributed by atoms with van der Waals surface area (Å²) in [4.78, 5) is 11.4. The zero-order chi connectivity index (χ0) is 21.6. The van der Waals surface area contributed by atoms with E-state index in [9.17, 15) is 9.90 Å². The van der Waals surface area contributed by atoms with Gasteiger partial charge in [-0.25, -0.2) is 0 Å². The largest absolute Gasteiger partial charge is 0.490 e. The quantitative estimate of drug-likeness (QED) is 0.419. The molecule has 2 aromatic rings. The van der Waals surface area contributed by atoms with Crippen LogP contribution in [0.15, 0.2) is 34.8 Å². The average molecular weight is 505 g/mol. The fourth-order valence-electron chi connectivity index (χ4n) is 2.72. The van der Waals surface area contributed by atoms with Crippen LogP contribution in [0, 0.1) is 5.92 Å². The van der Waals surface area contributed by atoms with E-state index in [1.165, 1.54) is 0 Å². The van der Waals surface area contributed by atoms with Gasteiger partial charge < -0.3 is 19.9 Å². The molecule has 2 N–H and O–H groups in total. The maximum absolute atomic E-state index is 11.4. The Labute approximate surface area is 189 Å². The van der Waals surface area contributed by atoms with Crippen LogP contribution >= 0.6 is 39.1 Å². The standard InChI is InChI=1S/C21H24BrCl2NO4/c1-4-28-18-7-14(10-25-20(12(2)3)21(26)27)16(22)9-19(18)29-11-13-5-6-15(23)8-17(13)24/h5-9,12,20,25H,4,10-11H2,1-3H3,(H,26,27). The monoisotopic (exact) mass is 503 g/mol. The highest BCUT2D eigenvalue weighted by Crippen LogP contribution is 2.35. The number of hydrogen-bond donors (Lipinski definition) is 2. The molecule has 0 aromatic heterocycles. The lowest BCUT2D eigenvalue weighted by Gasteiger charge is -2.20. The number of ether oxygens (including phenoxy) is 2. The normalized spacial score (nSPS) is 12.1. The summed E-state index contributed by atoms with van der Waals surface area (Å²) in [6, 6.07) is 8.27. The van der Waals surface area contributed by atoms with Crippen molar-refractivity contribution in [2.45, 2.75) is 40.0 Å². The molecule has 0 fully saturated rings. The van der Waals surface area contributed by atoms with E-state index in [4.69, 9.17) is 32.7 Å². The van der Waals surface area contributed by atoms with Crippen molar-refractivity contribution >= 4 is 45.1 Å². The highest BCUT2D eigenvalue weighted by Gasteiger charge is 2.21. The smallest absolute Gasteiger partial charge is 0.320 e. The molecule has 5 nitrogen and oxygen atoms in total. The Morgan fingerprint density at radius 1 is 1.14 bits per heavy atom. The second kappa shape index (κ2) is 11.1. The van der Waals surface area contributed by atoms with Gasteiger partial charge in [-0.15, -0.1) is 0 Å². The van der Waals surface area contributed by atoms with E-state index in [1.807, 2.05) is 39.0 Å². The molecule has 1 atom stereocenters. The third-order valence-corrected chi connectivity index (χ3v) is 5.58. The van der Waals surface area contributed by atoms with Gasteiger partial charge in [0.1, 0.15) is 12.6 Å². The van der Waals surface area contributed by atoms with Crippen molar-refractivity contribution in [3.05, 3.63) is 56.0 Å². The van der Waals surface area contributed by atoms with Gasteiger partial charge in [-0.2, -0.15) is 0 Å². The molecular weight excluding hydrogens is 481 g/mol. The van der Waals surface area contributed by atoms with Crippen LogP contribution in [-0.4, -0.2) is 23.7 Å². The van der Waals surface area contributed by atoms with Gasteiger partial charge in [0.15, 0.2) is 11.5 Å². The number of carboxylic acid groups (broad SMARTS) is 1. The average Bonchev–Trinajstić information content (AvgIpc) is 2.63. The first-order valence-corrected chi connectivity index (χ1v) is 10.8. The van der Waals surface area contributed by atoms with E-state index < -0.39 is 12.0 Å². The number of benzene rings is 2. The van der Waals surface area contributed by atoms with Crippen LogP contribution in [0.25, 0.3) is 0 Å². The first kappa shape index (κ1) is 23.8. The van der Waals surface area contributed by atoms with Gasteiger partial charge in [-0.1, -0.05) is 59.0 Å². The van der Waals surface area contributed by atoms with E-state index >= 15 is 0 Å². The number of carboxylic acids is 1. The third-order valence-electron chi connectivity index (χ3n) is 4.26. The minimum absolute atomic E-state index is 0.0376. The number of rotatable bonds is 10. The molecule has 0 spiro atoms. The minimum atomic E-state index is -0.874. The van der Waals surface area contributed by atoms with E-state index in [0.29, 0.717) is 34.7 Å². The molecule has 0 aliphatic heterocycles. The van der Waals surface area contributed by atoms with Crippen LogP contribution in [0.5, 0.6) is 11.5 Å². The van der Waals surface area contributed by atoms with E-state index in [-0.39, 0.29) is 12.5 Å². The van der Waals surface area contributed by atoms with Crippen LogP contribution in [0.2, 0.25) is 10.0 Å². The van der Waals surface area contributed by atoms with Crippen molar-refractivity contribution in [1.82, 2.24) is 5.32 Å². The molecule has 158 valence electrons. The zero-order valence-corrected chi connectivity index (χ0v) is 19.6. The van der Waals surface area contributed by atoms with Gasteiger partial charge in [-0.3, -0.25) is 4.79 Å². The molecular formula is C21H24BrCl2NO4. The van der Waals surface area contributed by atoms with Crippen LogP contribution in [-0.2, 0) is 17.9 Å². The van der Waals surface area contributed by atoms with Crippen molar-refractivity contribution < 1.29 is 19.4 Å². The predicted molar refractivity (Wildman–Crippen MR) is 119 cm³/mol. The SMILES string of the molecule is CCOc1cc(CNC(C(=O)O)C(C)C)c(Br)cc1OCc1ccc(Cl)cc1Cl. The zero-order valence-electron chi connectivity index (χ0n) is 16.5. The van der Waals surface area contributed by atoms with Crippen molar-refractivity contribution in [3.8, 4) is 11.5 Å². The number of nitrogens with one attached hydrogen (secondary N) is 1. The molecule has 0 bridgehead atoms. The third kappa shape index (κ3) is 6.78. The topological polar surface area (TPSA) is 67.8 Å². The molecule has 0 radical (unpaired) electrons. The predicted octanol–water partition coefficient (Wildman–Crippen LogP) is 5.93. The Bertz CT molecular complexity index is 861. The summed E-state index contributed by atoms with van der Waals surface area (Å²) in [6.45, 7) is 6.72. The molecule has 0 amide bonds. The van der Waals surface area contributed by atoms with Crippen molar-refractivity contribution in [2.75, 3.05) is 6.61 Å². The second-order valence-electron chi connectivity index (χ2n) is 6.79. The van der Waals surface area contributed by atoms with Crippen LogP contribution in [0.4, 0.5) is 0 Å². The number of carbonyl (C=O) groups is 1. The first-order chi connectivity index (χ1) is 13.7. The summed E-state index contributed by atoms with van der Waals surface area (Å²) in [5.41, 5.74) is 1.68. The van der Waals surface area contributed by atoms with Gasteiger partial charge >= 0.3 is 5.97 Å². The molecule has 0 aliphatic rings. The van der Waals surface area contributed by atoms with Crippen molar-refractivity contribution in [1.29, 1.82) is 0 Å². The van der Waals surface area contributed by atoms with E-state index in [2.05, 4.69) is 21.2 Å².